The average molecular weight is 216 g/mol. The van der Waals surface area contributed by atoms with Crippen LogP contribution in [-0.2, 0) is 15.6 Å². The summed E-state index contributed by atoms with van der Waals surface area (Å²) in [5, 5.41) is 11.2. The molecule has 0 aliphatic heterocycles. The Morgan fingerprint density at radius 2 is 2.14 bits per heavy atom. The summed E-state index contributed by atoms with van der Waals surface area (Å²) in [5.74, 6) is -0.322. The Hall–Kier alpha value is -0.890. The van der Waals surface area contributed by atoms with Crippen molar-refractivity contribution in [3.8, 4) is 6.07 Å². The van der Waals surface area contributed by atoms with Crippen molar-refractivity contribution in [2.75, 3.05) is 12.8 Å². The molecule has 0 heterocycles. The van der Waals surface area contributed by atoms with Crippen LogP contribution in [0.3, 0.4) is 0 Å². The molecular weight excluding hydrogens is 200 g/mol. The fraction of sp³-hybridized carbons (Fsp3) is 0.778. The normalized spacial score (nSPS) is 15.4. The summed E-state index contributed by atoms with van der Waals surface area (Å²) in [6.07, 6.45) is 1.59. The maximum absolute atomic E-state index is 11.4. The lowest BCUT2D eigenvalue weighted by molar-refractivity contribution is -0.126. The Balaban J connectivity index is 4.12. The van der Waals surface area contributed by atoms with Crippen molar-refractivity contribution in [3.05, 3.63) is 0 Å². The Kier molecular flexibility index (Phi) is 4.78. The molecule has 0 rings (SSSR count). The van der Waals surface area contributed by atoms with Crippen LogP contribution < -0.4 is 5.32 Å². The second-order valence-electron chi connectivity index (χ2n) is 3.76. The maximum atomic E-state index is 11.4. The fourth-order valence-electron chi connectivity index (χ4n) is 0.626. The van der Waals surface area contributed by atoms with Crippen molar-refractivity contribution in [3.63, 3.8) is 0 Å². The molecule has 2 unspecified atom stereocenters. The number of hydrogen-bond donors (Lipinski definition) is 1. The Morgan fingerprint density at radius 1 is 1.64 bits per heavy atom. The first-order valence-corrected chi connectivity index (χ1v) is 5.95. The molecule has 4 nitrogen and oxygen atoms in total. The third-order valence-electron chi connectivity index (χ3n) is 1.96. The van der Waals surface area contributed by atoms with Gasteiger partial charge in [0.15, 0.2) is 0 Å². The summed E-state index contributed by atoms with van der Waals surface area (Å²) in [5.41, 5.74) is -1.02. The quantitative estimate of drug-likeness (QED) is 0.740. The van der Waals surface area contributed by atoms with E-state index >= 15 is 0 Å². The van der Waals surface area contributed by atoms with E-state index in [9.17, 15) is 9.00 Å². The highest BCUT2D eigenvalue weighted by atomic mass is 32.2. The van der Waals surface area contributed by atoms with Gasteiger partial charge < -0.3 is 5.32 Å². The second-order valence-corrected chi connectivity index (χ2v) is 5.56. The summed E-state index contributed by atoms with van der Waals surface area (Å²) in [7, 11) is -0.953. The molecule has 0 saturated carbocycles. The van der Waals surface area contributed by atoms with Gasteiger partial charge in [0.05, 0.1) is 6.07 Å². The molecule has 80 valence electrons. The third-order valence-corrected chi connectivity index (χ3v) is 3.26. The number of nitriles is 1. The fourth-order valence-corrected chi connectivity index (χ4v) is 0.944. The van der Waals surface area contributed by atoms with Crippen molar-refractivity contribution in [1.29, 1.82) is 5.26 Å². The molecule has 14 heavy (non-hydrogen) atoms. The molecule has 1 amide bonds. The van der Waals surface area contributed by atoms with Gasteiger partial charge >= 0.3 is 0 Å². The van der Waals surface area contributed by atoms with E-state index < -0.39 is 16.2 Å². The van der Waals surface area contributed by atoms with Crippen LogP contribution in [0.4, 0.5) is 0 Å². The molecule has 0 aliphatic rings. The average Bonchev–Trinajstić information content (AvgIpc) is 2.13. The molecule has 1 N–H and O–H groups in total. The van der Waals surface area contributed by atoms with Gasteiger partial charge in [0.1, 0.15) is 5.41 Å². The number of hydrogen-bond acceptors (Lipinski definition) is 3. The smallest absolute Gasteiger partial charge is 0.239 e. The molecule has 0 saturated heterocycles. The van der Waals surface area contributed by atoms with Crippen LogP contribution in [0.25, 0.3) is 0 Å². The minimum Gasteiger partial charge on any atom is -0.354 e. The highest BCUT2D eigenvalue weighted by molar-refractivity contribution is 7.84. The van der Waals surface area contributed by atoms with Crippen LogP contribution in [0.5, 0.6) is 0 Å². The zero-order chi connectivity index (χ0) is 11.4. The second kappa shape index (κ2) is 5.11. The lowest BCUT2D eigenvalue weighted by Gasteiger charge is -2.16. The molecule has 0 aromatic rings. The number of carbonyl (C=O) groups excluding carboxylic acids is 1. The predicted octanol–water partition coefficient (Wildman–Crippen LogP) is 0.419. The standard InChI is InChI=1S/C9H16N2O2S/c1-7(14(4)13)5-11-8(12)9(2,3)6-10/h7H,5H2,1-4H3,(H,11,12). The minimum absolute atomic E-state index is 0.0894. The molecule has 0 radical (unpaired) electrons. The van der Waals surface area contributed by atoms with E-state index in [2.05, 4.69) is 5.32 Å². The summed E-state index contributed by atoms with van der Waals surface area (Å²) < 4.78 is 11.0. The summed E-state index contributed by atoms with van der Waals surface area (Å²) in [6, 6.07) is 1.91. The molecule has 0 fully saturated rings. The third kappa shape index (κ3) is 3.88. The Bertz CT molecular complexity index is 281. The Morgan fingerprint density at radius 3 is 2.50 bits per heavy atom. The predicted molar refractivity (Wildman–Crippen MR) is 55.9 cm³/mol. The number of rotatable bonds is 4. The first kappa shape index (κ1) is 13.1. The van der Waals surface area contributed by atoms with Gasteiger partial charge in [-0.2, -0.15) is 5.26 Å². The minimum atomic E-state index is -1.02. The monoisotopic (exact) mass is 216 g/mol. The van der Waals surface area contributed by atoms with Crippen molar-refractivity contribution in [2.24, 2.45) is 5.41 Å². The van der Waals surface area contributed by atoms with E-state index in [0.717, 1.165) is 0 Å². The zero-order valence-electron chi connectivity index (χ0n) is 8.96. The number of carbonyl (C=O) groups is 1. The topological polar surface area (TPSA) is 70.0 Å². The molecule has 5 heteroatoms. The van der Waals surface area contributed by atoms with Crippen LogP contribution in [0, 0.1) is 16.7 Å². The molecular formula is C9H16N2O2S. The molecule has 0 aromatic carbocycles. The van der Waals surface area contributed by atoms with Crippen LogP contribution in [0.15, 0.2) is 0 Å². The summed E-state index contributed by atoms with van der Waals surface area (Å²) in [6.45, 7) is 5.23. The van der Waals surface area contributed by atoms with E-state index in [-0.39, 0.29) is 11.2 Å². The molecule has 0 spiro atoms. The lowest BCUT2D eigenvalue weighted by Crippen LogP contribution is -2.40. The van der Waals surface area contributed by atoms with E-state index in [1.807, 2.05) is 6.07 Å². The van der Waals surface area contributed by atoms with E-state index in [1.165, 1.54) is 0 Å². The zero-order valence-corrected chi connectivity index (χ0v) is 9.77. The van der Waals surface area contributed by atoms with Gasteiger partial charge in [-0.05, 0) is 20.8 Å². The lowest BCUT2D eigenvalue weighted by atomic mass is 9.95. The van der Waals surface area contributed by atoms with Crippen molar-refractivity contribution >= 4 is 16.7 Å². The number of nitrogens with zero attached hydrogens (tertiary/aromatic N) is 1. The number of nitrogens with one attached hydrogen (secondary N) is 1. The van der Waals surface area contributed by atoms with E-state index in [0.29, 0.717) is 6.54 Å². The first-order chi connectivity index (χ1) is 6.31. The maximum Gasteiger partial charge on any atom is 0.239 e. The highest BCUT2D eigenvalue weighted by Gasteiger charge is 2.27. The molecule has 0 aromatic heterocycles. The van der Waals surface area contributed by atoms with Gasteiger partial charge in [-0.1, -0.05) is 0 Å². The van der Waals surface area contributed by atoms with Gasteiger partial charge in [-0.3, -0.25) is 9.00 Å². The largest absolute Gasteiger partial charge is 0.354 e. The van der Waals surface area contributed by atoms with Crippen molar-refractivity contribution < 1.29 is 9.00 Å². The van der Waals surface area contributed by atoms with Crippen LogP contribution in [0.2, 0.25) is 0 Å². The summed E-state index contributed by atoms with van der Waals surface area (Å²) >= 11 is 0. The first-order valence-electron chi connectivity index (χ1n) is 4.33. The van der Waals surface area contributed by atoms with Gasteiger partial charge in [-0.25, -0.2) is 0 Å². The van der Waals surface area contributed by atoms with Crippen molar-refractivity contribution in [1.82, 2.24) is 5.32 Å². The van der Waals surface area contributed by atoms with Crippen LogP contribution in [-0.4, -0.2) is 28.2 Å². The Labute approximate surface area is 87.1 Å². The van der Waals surface area contributed by atoms with Gasteiger partial charge in [-0.15, -0.1) is 0 Å². The molecule has 0 aliphatic carbocycles. The van der Waals surface area contributed by atoms with Crippen LogP contribution in [0.1, 0.15) is 20.8 Å². The molecule has 0 bridgehead atoms. The SMILES string of the molecule is CC(CNC(=O)C(C)(C)C#N)S(C)=O. The highest BCUT2D eigenvalue weighted by Crippen LogP contribution is 2.12. The van der Waals surface area contributed by atoms with Gasteiger partial charge in [0.2, 0.25) is 5.91 Å². The van der Waals surface area contributed by atoms with E-state index in [4.69, 9.17) is 5.26 Å². The van der Waals surface area contributed by atoms with Gasteiger partial charge in [0.25, 0.3) is 0 Å². The van der Waals surface area contributed by atoms with Gasteiger partial charge in [0, 0.05) is 28.9 Å². The van der Waals surface area contributed by atoms with E-state index in [1.54, 1.807) is 27.0 Å². The number of amides is 1. The van der Waals surface area contributed by atoms with Crippen molar-refractivity contribution in [2.45, 2.75) is 26.0 Å². The van der Waals surface area contributed by atoms with Crippen LogP contribution >= 0.6 is 0 Å². The molecule has 2 atom stereocenters. The summed E-state index contributed by atoms with van der Waals surface area (Å²) in [4.78, 5) is 11.4.